The Hall–Kier alpha value is -1.65. The largest absolute Gasteiger partial charge is 0.394 e. The molecule has 0 bridgehead atoms. The van der Waals surface area contributed by atoms with E-state index in [1.807, 2.05) is 6.08 Å². The van der Waals surface area contributed by atoms with Crippen LogP contribution in [0.4, 0.5) is 0 Å². The number of unbranched alkanes of at least 4 members (excludes halogenated alkanes) is 13. The molecule has 0 rings (SSSR count). The van der Waals surface area contributed by atoms with Crippen LogP contribution in [0.1, 0.15) is 129 Å². The van der Waals surface area contributed by atoms with Gasteiger partial charge in [-0.15, -0.1) is 0 Å². The fourth-order valence-corrected chi connectivity index (χ4v) is 3.94. The number of aliphatic hydroxyl groups excluding tert-OH is 2. The first-order chi connectivity index (χ1) is 17.7. The Balaban J connectivity index is 3.76. The lowest BCUT2D eigenvalue weighted by Crippen LogP contribution is -2.45. The summed E-state index contributed by atoms with van der Waals surface area (Å²) < 4.78 is 0. The highest BCUT2D eigenvalue weighted by molar-refractivity contribution is 5.76. The van der Waals surface area contributed by atoms with Gasteiger partial charge in [0.05, 0.1) is 18.8 Å². The van der Waals surface area contributed by atoms with Crippen LogP contribution < -0.4 is 5.32 Å². The molecular formula is C32H57NO3. The first kappa shape index (κ1) is 34.4. The molecule has 0 radical (unpaired) electrons. The van der Waals surface area contributed by atoms with Crippen LogP contribution in [0.25, 0.3) is 0 Å². The van der Waals surface area contributed by atoms with Crippen LogP contribution in [0.3, 0.4) is 0 Å². The minimum absolute atomic E-state index is 0.0931. The Morgan fingerprint density at radius 3 is 1.78 bits per heavy atom. The standard InChI is InChI=1S/C32H57NO3/c1-3-5-7-9-11-13-14-15-16-17-18-20-22-24-26-28-32(36)33-30(29-34)31(35)27-25-23-21-19-12-10-8-6-4-2/h11-15,19,25,27,30-31,34-35H,3-10,16-18,20-24,26,28-29H2,1-2H3,(H,33,36)/b13-11-,15-14-,19-12+,27-25+. The van der Waals surface area contributed by atoms with Gasteiger partial charge >= 0.3 is 0 Å². The van der Waals surface area contributed by atoms with Gasteiger partial charge in [-0.2, -0.15) is 0 Å². The van der Waals surface area contributed by atoms with Crippen LogP contribution in [0.15, 0.2) is 48.6 Å². The zero-order chi connectivity index (χ0) is 26.5. The van der Waals surface area contributed by atoms with Crippen molar-refractivity contribution < 1.29 is 15.0 Å². The van der Waals surface area contributed by atoms with E-state index in [2.05, 4.69) is 55.6 Å². The fourth-order valence-electron chi connectivity index (χ4n) is 3.94. The molecule has 0 saturated carbocycles. The smallest absolute Gasteiger partial charge is 0.220 e. The van der Waals surface area contributed by atoms with E-state index in [-0.39, 0.29) is 12.5 Å². The number of carbonyl (C=O) groups excluding carboxylic acids is 1. The number of hydrogen-bond donors (Lipinski definition) is 3. The Morgan fingerprint density at radius 2 is 1.17 bits per heavy atom. The molecule has 1 amide bonds. The zero-order valence-corrected chi connectivity index (χ0v) is 23.5. The van der Waals surface area contributed by atoms with E-state index in [4.69, 9.17) is 0 Å². The van der Waals surface area contributed by atoms with E-state index in [9.17, 15) is 15.0 Å². The maximum absolute atomic E-state index is 12.2. The number of aliphatic hydroxyl groups is 2. The summed E-state index contributed by atoms with van der Waals surface area (Å²) in [5, 5.41) is 22.6. The predicted octanol–water partition coefficient (Wildman–Crippen LogP) is 8.11. The van der Waals surface area contributed by atoms with Crippen molar-refractivity contribution in [3.05, 3.63) is 48.6 Å². The second-order valence-corrected chi connectivity index (χ2v) is 9.83. The molecule has 4 heteroatoms. The maximum Gasteiger partial charge on any atom is 0.220 e. The van der Waals surface area contributed by atoms with E-state index < -0.39 is 12.1 Å². The Morgan fingerprint density at radius 1 is 0.667 bits per heavy atom. The maximum atomic E-state index is 12.2. The van der Waals surface area contributed by atoms with Crippen molar-refractivity contribution in [2.45, 2.75) is 142 Å². The molecule has 0 aliphatic rings. The van der Waals surface area contributed by atoms with E-state index >= 15 is 0 Å². The van der Waals surface area contributed by atoms with Gasteiger partial charge in [-0.25, -0.2) is 0 Å². The highest BCUT2D eigenvalue weighted by Gasteiger charge is 2.17. The molecule has 0 aromatic heterocycles. The first-order valence-electron chi connectivity index (χ1n) is 14.9. The summed E-state index contributed by atoms with van der Waals surface area (Å²) in [6, 6.07) is -0.641. The van der Waals surface area contributed by atoms with Crippen LogP contribution in [0, 0.1) is 0 Å². The zero-order valence-electron chi connectivity index (χ0n) is 23.5. The van der Waals surface area contributed by atoms with Gasteiger partial charge in [0.2, 0.25) is 5.91 Å². The van der Waals surface area contributed by atoms with Crippen molar-refractivity contribution >= 4 is 5.91 Å². The molecule has 3 N–H and O–H groups in total. The van der Waals surface area contributed by atoms with Gasteiger partial charge in [-0.3, -0.25) is 4.79 Å². The van der Waals surface area contributed by atoms with Gasteiger partial charge < -0.3 is 15.5 Å². The molecule has 0 aromatic carbocycles. The molecule has 208 valence electrons. The summed E-state index contributed by atoms with van der Waals surface area (Å²) in [5.74, 6) is -0.0931. The van der Waals surface area contributed by atoms with E-state index in [1.165, 1.54) is 64.2 Å². The molecule has 2 unspecified atom stereocenters. The lowest BCUT2D eigenvalue weighted by molar-refractivity contribution is -0.123. The molecule has 0 heterocycles. The van der Waals surface area contributed by atoms with Gasteiger partial charge in [0, 0.05) is 6.42 Å². The molecular weight excluding hydrogens is 446 g/mol. The van der Waals surface area contributed by atoms with Crippen molar-refractivity contribution in [3.8, 4) is 0 Å². The first-order valence-corrected chi connectivity index (χ1v) is 14.9. The predicted molar refractivity (Wildman–Crippen MR) is 156 cm³/mol. The molecule has 0 spiro atoms. The third-order valence-corrected chi connectivity index (χ3v) is 6.31. The summed E-state index contributed by atoms with van der Waals surface area (Å²) >= 11 is 0. The van der Waals surface area contributed by atoms with Crippen molar-refractivity contribution in [2.24, 2.45) is 0 Å². The molecule has 0 aliphatic heterocycles. The van der Waals surface area contributed by atoms with Crippen LogP contribution in [-0.4, -0.2) is 34.9 Å². The summed E-state index contributed by atoms with van der Waals surface area (Å²) in [4.78, 5) is 12.2. The van der Waals surface area contributed by atoms with Gasteiger partial charge in [0.1, 0.15) is 0 Å². The fraction of sp³-hybridized carbons (Fsp3) is 0.719. The van der Waals surface area contributed by atoms with Gasteiger partial charge in [0.25, 0.3) is 0 Å². The number of allylic oxidation sites excluding steroid dienone is 7. The summed E-state index contributed by atoms with van der Waals surface area (Å²) in [5.41, 5.74) is 0. The quantitative estimate of drug-likeness (QED) is 0.0669. The number of amides is 1. The monoisotopic (exact) mass is 503 g/mol. The normalized spacial score (nSPS) is 14.0. The van der Waals surface area contributed by atoms with E-state index in [0.717, 1.165) is 44.9 Å². The van der Waals surface area contributed by atoms with Crippen molar-refractivity contribution in [3.63, 3.8) is 0 Å². The molecule has 36 heavy (non-hydrogen) atoms. The average molecular weight is 504 g/mol. The molecule has 0 fully saturated rings. The van der Waals surface area contributed by atoms with Crippen LogP contribution >= 0.6 is 0 Å². The van der Waals surface area contributed by atoms with Crippen molar-refractivity contribution in [1.29, 1.82) is 0 Å². The molecule has 0 aliphatic carbocycles. The second kappa shape index (κ2) is 27.9. The van der Waals surface area contributed by atoms with Crippen molar-refractivity contribution in [1.82, 2.24) is 5.32 Å². The van der Waals surface area contributed by atoms with Gasteiger partial charge in [-0.1, -0.05) is 114 Å². The third kappa shape index (κ3) is 24.1. The molecule has 2 atom stereocenters. The van der Waals surface area contributed by atoms with Crippen LogP contribution in [-0.2, 0) is 4.79 Å². The number of rotatable bonds is 25. The summed E-state index contributed by atoms with van der Waals surface area (Å²) in [6.07, 6.45) is 36.1. The lowest BCUT2D eigenvalue weighted by Gasteiger charge is -2.19. The number of carbonyl (C=O) groups is 1. The molecule has 0 aromatic rings. The highest BCUT2D eigenvalue weighted by Crippen LogP contribution is 2.10. The van der Waals surface area contributed by atoms with E-state index in [1.54, 1.807) is 6.08 Å². The lowest BCUT2D eigenvalue weighted by atomic mass is 10.1. The van der Waals surface area contributed by atoms with Crippen LogP contribution in [0.5, 0.6) is 0 Å². The van der Waals surface area contributed by atoms with E-state index in [0.29, 0.717) is 6.42 Å². The Bertz CT molecular complexity index is 594. The second-order valence-electron chi connectivity index (χ2n) is 9.83. The topological polar surface area (TPSA) is 69.6 Å². The molecule has 0 saturated heterocycles. The third-order valence-electron chi connectivity index (χ3n) is 6.31. The van der Waals surface area contributed by atoms with Gasteiger partial charge in [0.15, 0.2) is 0 Å². The Labute approximate surface area is 223 Å². The van der Waals surface area contributed by atoms with Crippen molar-refractivity contribution in [2.75, 3.05) is 6.61 Å². The summed E-state index contributed by atoms with van der Waals surface area (Å²) in [7, 11) is 0. The minimum atomic E-state index is -0.863. The van der Waals surface area contributed by atoms with Gasteiger partial charge in [-0.05, 0) is 57.8 Å². The number of nitrogens with one attached hydrogen (secondary N) is 1. The van der Waals surface area contributed by atoms with Crippen LogP contribution in [0.2, 0.25) is 0 Å². The molecule has 4 nitrogen and oxygen atoms in total. The minimum Gasteiger partial charge on any atom is -0.394 e. The Kier molecular flexibility index (Phi) is 26.6. The summed E-state index contributed by atoms with van der Waals surface area (Å²) in [6.45, 7) is 4.18. The highest BCUT2D eigenvalue weighted by atomic mass is 16.3. The SMILES string of the molecule is CCCCC/C=C\C=C/CCCCCCCCC(=O)NC(CO)C(O)/C=C/CC/C=C/CCCCC. The average Bonchev–Trinajstić information content (AvgIpc) is 2.88. The number of hydrogen-bond acceptors (Lipinski definition) is 3.